The third-order valence-corrected chi connectivity index (χ3v) is 4.23. The number of ether oxygens (including phenoxy) is 1. The van der Waals surface area contributed by atoms with Gasteiger partial charge in [0.1, 0.15) is 17.3 Å². The standard InChI is InChI=1S/C20H19ClN4O2/c1-12-4-6-16(13(2)8-12)25-20(26)17-10-23-19(11-22-17)24-14-5-7-18(27-3)15(21)9-14/h4-11H,1-3H3,(H,23,24)(H,25,26). The van der Waals surface area contributed by atoms with E-state index < -0.39 is 0 Å². The van der Waals surface area contributed by atoms with E-state index in [9.17, 15) is 4.79 Å². The average Bonchev–Trinajstić information content (AvgIpc) is 2.65. The summed E-state index contributed by atoms with van der Waals surface area (Å²) in [7, 11) is 1.56. The van der Waals surface area contributed by atoms with Crippen LogP contribution in [0.1, 0.15) is 21.6 Å². The summed E-state index contributed by atoms with van der Waals surface area (Å²) in [5.74, 6) is 0.777. The molecule has 0 spiro atoms. The molecule has 1 aromatic heterocycles. The summed E-state index contributed by atoms with van der Waals surface area (Å²) in [6, 6.07) is 11.1. The van der Waals surface area contributed by atoms with E-state index in [1.54, 1.807) is 19.2 Å². The number of amides is 1. The Kier molecular flexibility index (Phi) is 5.57. The molecular weight excluding hydrogens is 364 g/mol. The van der Waals surface area contributed by atoms with Crippen molar-refractivity contribution in [1.82, 2.24) is 9.97 Å². The summed E-state index contributed by atoms with van der Waals surface area (Å²) in [5.41, 5.74) is 3.85. The molecule has 1 heterocycles. The topological polar surface area (TPSA) is 76.1 Å². The molecule has 0 fully saturated rings. The Bertz CT molecular complexity index is 974. The first-order valence-electron chi connectivity index (χ1n) is 8.27. The van der Waals surface area contributed by atoms with Gasteiger partial charge < -0.3 is 15.4 Å². The van der Waals surface area contributed by atoms with E-state index in [1.165, 1.54) is 12.4 Å². The molecule has 0 aliphatic heterocycles. The maximum Gasteiger partial charge on any atom is 0.275 e. The van der Waals surface area contributed by atoms with Gasteiger partial charge in [0.05, 0.1) is 24.5 Å². The number of benzene rings is 2. The fraction of sp³-hybridized carbons (Fsp3) is 0.150. The minimum absolute atomic E-state index is 0.230. The van der Waals surface area contributed by atoms with Gasteiger partial charge in [0, 0.05) is 11.4 Å². The van der Waals surface area contributed by atoms with Crippen LogP contribution in [0.15, 0.2) is 48.8 Å². The summed E-state index contributed by atoms with van der Waals surface area (Å²) < 4.78 is 5.12. The minimum atomic E-state index is -0.312. The lowest BCUT2D eigenvalue weighted by molar-refractivity contribution is 0.102. The molecular formula is C20H19ClN4O2. The van der Waals surface area contributed by atoms with Gasteiger partial charge in [0.25, 0.3) is 5.91 Å². The number of methoxy groups -OCH3 is 1. The first kappa shape index (κ1) is 18.7. The third kappa shape index (κ3) is 4.54. The molecule has 138 valence electrons. The lowest BCUT2D eigenvalue weighted by Gasteiger charge is -2.10. The Balaban J connectivity index is 1.69. The number of hydrogen-bond donors (Lipinski definition) is 2. The van der Waals surface area contributed by atoms with Crippen LogP contribution in [-0.2, 0) is 0 Å². The first-order chi connectivity index (χ1) is 13.0. The van der Waals surface area contributed by atoms with Crippen molar-refractivity contribution in [3.63, 3.8) is 0 Å². The van der Waals surface area contributed by atoms with Gasteiger partial charge in [-0.15, -0.1) is 0 Å². The lowest BCUT2D eigenvalue weighted by Crippen LogP contribution is -2.15. The molecule has 3 rings (SSSR count). The van der Waals surface area contributed by atoms with Gasteiger partial charge in [-0.05, 0) is 43.7 Å². The van der Waals surface area contributed by atoms with Crippen LogP contribution in [0.4, 0.5) is 17.2 Å². The fourth-order valence-corrected chi connectivity index (χ4v) is 2.80. The molecule has 0 saturated carbocycles. The van der Waals surface area contributed by atoms with Gasteiger partial charge in [-0.1, -0.05) is 29.3 Å². The molecule has 6 nitrogen and oxygen atoms in total. The number of anilines is 3. The second-order valence-corrected chi connectivity index (χ2v) is 6.44. The highest BCUT2D eigenvalue weighted by atomic mass is 35.5. The number of aromatic nitrogens is 2. The molecule has 0 aliphatic rings. The van der Waals surface area contributed by atoms with Crippen molar-refractivity contribution in [2.45, 2.75) is 13.8 Å². The molecule has 0 atom stereocenters. The second kappa shape index (κ2) is 8.05. The van der Waals surface area contributed by atoms with Crippen molar-refractivity contribution in [3.05, 3.63) is 70.6 Å². The van der Waals surface area contributed by atoms with Crippen molar-refractivity contribution in [3.8, 4) is 5.75 Å². The maximum atomic E-state index is 12.4. The molecule has 0 bridgehead atoms. The lowest BCUT2D eigenvalue weighted by atomic mass is 10.1. The fourth-order valence-electron chi connectivity index (χ4n) is 2.54. The van der Waals surface area contributed by atoms with Crippen LogP contribution >= 0.6 is 11.6 Å². The molecule has 7 heteroatoms. The number of rotatable bonds is 5. The number of carbonyl (C=O) groups excluding carboxylic acids is 1. The Morgan fingerprint density at radius 2 is 1.89 bits per heavy atom. The molecule has 0 radical (unpaired) electrons. The SMILES string of the molecule is COc1ccc(Nc2cnc(C(=O)Nc3ccc(C)cc3C)cn2)cc1Cl. The van der Waals surface area contributed by atoms with Crippen LogP contribution in [0.2, 0.25) is 5.02 Å². The zero-order valence-corrected chi connectivity index (χ0v) is 16.0. The largest absolute Gasteiger partial charge is 0.495 e. The Morgan fingerprint density at radius 3 is 2.52 bits per heavy atom. The van der Waals surface area contributed by atoms with Gasteiger partial charge in [-0.2, -0.15) is 0 Å². The smallest absolute Gasteiger partial charge is 0.275 e. The van der Waals surface area contributed by atoms with Crippen LogP contribution < -0.4 is 15.4 Å². The van der Waals surface area contributed by atoms with Gasteiger partial charge in [-0.25, -0.2) is 9.97 Å². The monoisotopic (exact) mass is 382 g/mol. The molecule has 27 heavy (non-hydrogen) atoms. The van der Waals surface area contributed by atoms with Crippen molar-refractivity contribution >= 4 is 34.7 Å². The molecule has 0 saturated heterocycles. The van der Waals surface area contributed by atoms with E-state index in [-0.39, 0.29) is 11.6 Å². The van der Waals surface area contributed by atoms with Gasteiger partial charge in [-0.3, -0.25) is 4.79 Å². The minimum Gasteiger partial charge on any atom is -0.495 e. The Hall–Kier alpha value is -3.12. The second-order valence-electron chi connectivity index (χ2n) is 6.03. The zero-order valence-electron chi connectivity index (χ0n) is 15.2. The van der Waals surface area contributed by atoms with E-state index >= 15 is 0 Å². The predicted molar refractivity (Wildman–Crippen MR) is 107 cm³/mol. The van der Waals surface area contributed by atoms with E-state index in [0.29, 0.717) is 16.6 Å². The first-order valence-corrected chi connectivity index (χ1v) is 8.65. The number of nitrogens with zero attached hydrogens (tertiary/aromatic N) is 2. The summed E-state index contributed by atoms with van der Waals surface area (Å²) in [6.07, 6.45) is 2.92. The number of halogens is 1. The highest BCUT2D eigenvalue weighted by Crippen LogP contribution is 2.28. The Labute approximate surface area is 162 Å². The van der Waals surface area contributed by atoms with E-state index in [0.717, 1.165) is 22.5 Å². The molecule has 2 N–H and O–H groups in total. The summed E-state index contributed by atoms with van der Waals surface area (Å²) in [6.45, 7) is 3.95. The van der Waals surface area contributed by atoms with Crippen LogP contribution in [0.3, 0.4) is 0 Å². The maximum absolute atomic E-state index is 12.4. The highest BCUT2D eigenvalue weighted by Gasteiger charge is 2.10. The van der Waals surface area contributed by atoms with Crippen LogP contribution in [0.25, 0.3) is 0 Å². The molecule has 1 amide bonds. The van der Waals surface area contributed by atoms with Gasteiger partial charge >= 0.3 is 0 Å². The third-order valence-electron chi connectivity index (χ3n) is 3.94. The van der Waals surface area contributed by atoms with Crippen LogP contribution in [-0.4, -0.2) is 23.0 Å². The molecule has 0 unspecified atom stereocenters. The Morgan fingerprint density at radius 1 is 1.07 bits per heavy atom. The van der Waals surface area contributed by atoms with Gasteiger partial charge in [0.15, 0.2) is 0 Å². The normalized spacial score (nSPS) is 10.4. The molecule has 0 aliphatic carbocycles. The van der Waals surface area contributed by atoms with Crippen molar-refractivity contribution in [2.75, 3.05) is 17.7 Å². The summed E-state index contributed by atoms with van der Waals surface area (Å²) >= 11 is 6.11. The summed E-state index contributed by atoms with van der Waals surface area (Å²) in [5, 5.41) is 6.42. The molecule has 2 aromatic carbocycles. The average molecular weight is 383 g/mol. The number of carbonyl (C=O) groups is 1. The van der Waals surface area contributed by atoms with Crippen LogP contribution in [0.5, 0.6) is 5.75 Å². The van der Waals surface area contributed by atoms with Crippen molar-refractivity contribution < 1.29 is 9.53 Å². The zero-order chi connectivity index (χ0) is 19.4. The van der Waals surface area contributed by atoms with Crippen molar-refractivity contribution in [2.24, 2.45) is 0 Å². The number of hydrogen-bond acceptors (Lipinski definition) is 5. The van der Waals surface area contributed by atoms with Gasteiger partial charge in [0.2, 0.25) is 0 Å². The highest BCUT2D eigenvalue weighted by molar-refractivity contribution is 6.32. The number of nitrogens with one attached hydrogen (secondary N) is 2. The van der Waals surface area contributed by atoms with Crippen LogP contribution in [0, 0.1) is 13.8 Å². The van der Waals surface area contributed by atoms with E-state index in [4.69, 9.17) is 16.3 Å². The quantitative estimate of drug-likeness (QED) is 0.665. The molecule has 3 aromatic rings. The number of aryl methyl sites for hydroxylation is 2. The summed E-state index contributed by atoms with van der Waals surface area (Å²) in [4.78, 5) is 20.8. The van der Waals surface area contributed by atoms with E-state index in [2.05, 4.69) is 20.6 Å². The predicted octanol–water partition coefficient (Wildman–Crippen LogP) is 4.75. The van der Waals surface area contributed by atoms with Crippen molar-refractivity contribution in [1.29, 1.82) is 0 Å². The van der Waals surface area contributed by atoms with E-state index in [1.807, 2.05) is 38.1 Å².